The number of amides is 1. The van der Waals surface area contributed by atoms with Crippen molar-refractivity contribution in [2.45, 2.75) is 19.9 Å². The SMILES string of the molecule is CNc1cccc(OC(F)(F)F)c1COc1nnccc1C.NNC=O. The van der Waals surface area contributed by atoms with Crippen LogP contribution in [0.3, 0.4) is 0 Å². The molecule has 11 heteroatoms. The molecule has 142 valence electrons. The Morgan fingerprint density at radius 1 is 1.31 bits per heavy atom. The molecule has 0 atom stereocenters. The number of hydrogen-bond donors (Lipinski definition) is 3. The van der Waals surface area contributed by atoms with Crippen LogP contribution in [-0.2, 0) is 11.4 Å². The van der Waals surface area contributed by atoms with Gasteiger partial charge in [-0.1, -0.05) is 6.07 Å². The van der Waals surface area contributed by atoms with Crippen molar-refractivity contribution in [2.75, 3.05) is 12.4 Å². The van der Waals surface area contributed by atoms with Crippen LogP contribution in [-0.4, -0.2) is 30.0 Å². The molecule has 0 unspecified atom stereocenters. The predicted octanol–water partition coefficient (Wildman–Crippen LogP) is 1.91. The number of aryl methyl sites for hydroxylation is 1. The second-order valence-corrected chi connectivity index (χ2v) is 4.67. The molecule has 8 nitrogen and oxygen atoms in total. The van der Waals surface area contributed by atoms with Crippen molar-refractivity contribution in [3.05, 3.63) is 41.6 Å². The number of nitrogens with one attached hydrogen (secondary N) is 2. The maximum Gasteiger partial charge on any atom is 0.573 e. The summed E-state index contributed by atoms with van der Waals surface area (Å²) in [5, 5.41) is 10.3. The van der Waals surface area contributed by atoms with E-state index in [0.29, 0.717) is 12.1 Å². The number of aromatic nitrogens is 2. The Morgan fingerprint density at radius 2 is 2.00 bits per heavy atom. The molecule has 0 fully saturated rings. The molecule has 0 radical (unpaired) electrons. The number of hydrogen-bond acceptors (Lipinski definition) is 7. The van der Waals surface area contributed by atoms with Crippen molar-refractivity contribution in [1.82, 2.24) is 15.6 Å². The van der Waals surface area contributed by atoms with Crippen LogP contribution in [0.15, 0.2) is 30.5 Å². The summed E-state index contributed by atoms with van der Waals surface area (Å²) < 4.78 is 46.9. The zero-order valence-corrected chi connectivity index (χ0v) is 14.0. The Morgan fingerprint density at radius 3 is 2.54 bits per heavy atom. The van der Waals surface area contributed by atoms with Gasteiger partial charge in [0.2, 0.25) is 12.3 Å². The molecule has 4 N–H and O–H groups in total. The van der Waals surface area contributed by atoms with Gasteiger partial charge in [0.15, 0.2) is 0 Å². The molecular formula is C15H18F3N5O3. The second kappa shape index (κ2) is 10.0. The lowest BCUT2D eigenvalue weighted by Gasteiger charge is -2.17. The van der Waals surface area contributed by atoms with Crippen molar-refractivity contribution >= 4 is 12.1 Å². The van der Waals surface area contributed by atoms with E-state index in [2.05, 4.69) is 26.1 Å². The van der Waals surface area contributed by atoms with Crippen LogP contribution in [0.2, 0.25) is 0 Å². The lowest BCUT2D eigenvalue weighted by Crippen LogP contribution is -2.19. The lowest BCUT2D eigenvalue weighted by atomic mass is 10.1. The molecule has 0 bridgehead atoms. The molecule has 0 saturated heterocycles. The Kier molecular flexibility index (Phi) is 8.09. The maximum atomic E-state index is 12.5. The lowest BCUT2D eigenvalue weighted by molar-refractivity contribution is -0.275. The summed E-state index contributed by atoms with van der Waals surface area (Å²) >= 11 is 0. The molecule has 0 aliphatic carbocycles. The number of carbonyl (C=O) groups excluding carboxylic acids is 1. The molecule has 26 heavy (non-hydrogen) atoms. The maximum absolute atomic E-state index is 12.5. The number of nitrogens with zero attached hydrogens (tertiary/aromatic N) is 2. The van der Waals surface area contributed by atoms with Gasteiger partial charge in [0, 0.05) is 18.3 Å². The number of hydrazine groups is 1. The van der Waals surface area contributed by atoms with Crippen LogP contribution in [0.1, 0.15) is 11.1 Å². The molecule has 2 aromatic rings. The first-order valence-electron chi connectivity index (χ1n) is 7.18. The summed E-state index contributed by atoms with van der Waals surface area (Å²) in [6.45, 7) is 1.63. The van der Waals surface area contributed by atoms with Crippen molar-refractivity contribution < 1.29 is 27.4 Å². The smallest absolute Gasteiger partial charge is 0.471 e. The average molecular weight is 373 g/mol. The standard InChI is InChI=1S/C14H14F3N3O2.CH4N2O/c1-9-6-7-19-20-13(9)21-8-10-11(18-2)4-3-5-12(10)22-14(15,16)17;2-3-1-4/h3-7,18H,8H2,1-2H3;1H,2H2,(H,3,4). The molecule has 0 aliphatic heterocycles. The Bertz CT molecular complexity index is 713. The summed E-state index contributed by atoms with van der Waals surface area (Å²) in [6.07, 6.45) is -2.87. The van der Waals surface area contributed by atoms with Crippen LogP contribution in [0.4, 0.5) is 18.9 Å². The van der Waals surface area contributed by atoms with Crippen molar-refractivity contribution in [1.29, 1.82) is 0 Å². The molecule has 1 aromatic carbocycles. The Balaban J connectivity index is 0.000000765. The highest BCUT2D eigenvalue weighted by atomic mass is 19.4. The molecule has 1 aromatic heterocycles. The van der Waals surface area contributed by atoms with E-state index in [0.717, 1.165) is 5.56 Å². The number of rotatable bonds is 6. The van der Waals surface area contributed by atoms with Gasteiger partial charge in [-0.25, -0.2) is 5.84 Å². The summed E-state index contributed by atoms with van der Waals surface area (Å²) in [5.74, 6) is 4.35. The van der Waals surface area contributed by atoms with E-state index in [1.54, 1.807) is 31.5 Å². The minimum atomic E-state index is -4.77. The van der Waals surface area contributed by atoms with Gasteiger partial charge in [-0.05, 0) is 25.1 Å². The third kappa shape index (κ3) is 6.81. The number of benzene rings is 1. The van der Waals surface area contributed by atoms with E-state index in [9.17, 15) is 13.2 Å². The van der Waals surface area contributed by atoms with E-state index >= 15 is 0 Å². The highest BCUT2D eigenvalue weighted by Gasteiger charge is 2.32. The molecule has 1 heterocycles. The van der Waals surface area contributed by atoms with Gasteiger partial charge >= 0.3 is 6.36 Å². The summed E-state index contributed by atoms with van der Waals surface area (Å²) in [4.78, 5) is 8.94. The largest absolute Gasteiger partial charge is 0.573 e. The van der Waals surface area contributed by atoms with Crippen LogP contribution in [0.25, 0.3) is 0 Å². The third-order valence-electron chi connectivity index (χ3n) is 2.93. The molecular weight excluding hydrogens is 355 g/mol. The number of anilines is 1. The summed E-state index contributed by atoms with van der Waals surface area (Å²) in [6, 6.07) is 6.02. The van der Waals surface area contributed by atoms with Gasteiger partial charge < -0.3 is 14.8 Å². The summed E-state index contributed by atoms with van der Waals surface area (Å²) in [7, 11) is 1.60. The van der Waals surface area contributed by atoms with Gasteiger partial charge in [-0.2, -0.15) is 5.10 Å². The first kappa shape index (κ1) is 21.0. The van der Waals surface area contributed by atoms with Crippen LogP contribution in [0, 0.1) is 6.92 Å². The first-order valence-corrected chi connectivity index (χ1v) is 7.18. The van der Waals surface area contributed by atoms with Crippen LogP contribution >= 0.6 is 0 Å². The monoisotopic (exact) mass is 373 g/mol. The van der Waals surface area contributed by atoms with Gasteiger partial charge in [0.1, 0.15) is 12.4 Å². The molecule has 2 rings (SSSR count). The van der Waals surface area contributed by atoms with E-state index < -0.39 is 6.36 Å². The quantitative estimate of drug-likeness (QED) is 0.307. The minimum Gasteiger partial charge on any atom is -0.471 e. The topological polar surface area (TPSA) is 111 Å². The second-order valence-electron chi connectivity index (χ2n) is 4.67. The Hall–Kier alpha value is -3.08. The Labute approximate surface area is 147 Å². The van der Waals surface area contributed by atoms with Gasteiger partial charge in [0.05, 0.1) is 11.8 Å². The average Bonchev–Trinajstić information content (AvgIpc) is 2.60. The highest BCUT2D eigenvalue weighted by molar-refractivity contribution is 5.57. The predicted molar refractivity (Wildman–Crippen MR) is 87.2 cm³/mol. The molecule has 0 spiro atoms. The number of alkyl halides is 3. The van der Waals surface area contributed by atoms with Crippen LogP contribution in [0.5, 0.6) is 11.6 Å². The molecule has 0 saturated carbocycles. The van der Waals surface area contributed by atoms with Gasteiger partial charge in [-0.3, -0.25) is 10.2 Å². The molecule has 0 aliphatic rings. The third-order valence-corrected chi connectivity index (χ3v) is 2.93. The number of nitrogens with two attached hydrogens (primary N) is 1. The van der Waals surface area contributed by atoms with E-state index in [1.165, 1.54) is 18.3 Å². The van der Waals surface area contributed by atoms with Gasteiger partial charge in [-0.15, -0.1) is 18.3 Å². The van der Waals surface area contributed by atoms with Crippen molar-refractivity contribution in [3.63, 3.8) is 0 Å². The first-order chi connectivity index (χ1) is 12.3. The zero-order chi connectivity index (χ0) is 19.6. The van der Waals surface area contributed by atoms with Crippen molar-refractivity contribution in [3.8, 4) is 11.6 Å². The van der Waals surface area contributed by atoms with Gasteiger partial charge in [0.25, 0.3) is 0 Å². The van der Waals surface area contributed by atoms with Crippen molar-refractivity contribution in [2.24, 2.45) is 5.84 Å². The van der Waals surface area contributed by atoms with E-state index in [-0.39, 0.29) is 23.8 Å². The summed E-state index contributed by atoms with van der Waals surface area (Å²) in [5.41, 5.74) is 3.20. The normalized spacial score (nSPS) is 10.2. The van der Waals surface area contributed by atoms with Crippen LogP contribution < -0.4 is 26.1 Å². The fourth-order valence-corrected chi connectivity index (χ4v) is 1.83. The number of carbonyl (C=O) groups is 1. The fourth-order valence-electron chi connectivity index (χ4n) is 1.83. The zero-order valence-electron chi connectivity index (χ0n) is 14.0. The molecule has 1 amide bonds. The minimum absolute atomic E-state index is 0.137. The highest BCUT2D eigenvalue weighted by Crippen LogP contribution is 2.32. The van der Waals surface area contributed by atoms with E-state index in [1.807, 2.05) is 0 Å². The number of ether oxygens (including phenoxy) is 2. The fraction of sp³-hybridized carbons (Fsp3) is 0.267. The number of halogens is 3. The van der Waals surface area contributed by atoms with E-state index in [4.69, 9.17) is 9.53 Å².